The van der Waals surface area contributed by atoms with Crippen LogP contribution in [0.4, 0.5) is 0 Å². The molecule has 1 heterocycles. The lowest BCUT2D eigenvalue weighted by molar-refractivity contribution is 0.0697. The summed E-state index contributed by atoms with van der Waals surface area (Å²) in [5, 5.41) is 10.1. The van der Waals surface area contributed by atoms with Crippen LogP contribution in [0.5, 0.6) is 0 Å². The Morgan fingerprint density at radius 2 is 2.16 bits per heavy atom. The van der Waals surface area contributed by atoms with Gasteiger partial charge in [0, 0.05) is 24.9 Å². The number of carboxylic acids is 1. The van der Waals surface area contributed by atoms with E-state index in [1.54, 1.807) is 12.1 Å². The number of carboxylic acid groups (broad SMARTS) is 1. The number of ether oxygens (including phenoxy) is 1. The Hall–Kier alpha value is -1.81. The van der Waals surface area contributed by atoms with Crippen molar-refractivity contribution in [2.24, 2.45) is 5.92 Å². The molecular weight excluding hydrogens is 242 g/mol. The number of rotatable bonds is 6. The van der Waals surface area contributed by atoms with Crippen LogP contribution in [0.2, 0.25) is 0 Å². The van der Waals surface area contributed by atoms with Crippen molar-refractivity contribution in [1.29, 1.82) is 0 Å². The minimum atomic E-state index is -0.897. The Kier molecular flexibility index (Phi) is 4.22. The monoisotopic (exact) mass is 261 g/mol. The minimum Gasteiger partial charge on any atom is -0.478 e. The maximum atomic E-state index is 11.0. The largest absolute Gasteiger partial charge is 0.478 e. The molecule has 0 aliphatic rings. The minimum absolute atomic E-state index is 0.315. The lowest BCUT2D eigenvalue weighted by atomic mass is 10.2. The van der Waals surface area contributed by atoms with Gasteiger partial charge >= 0.3 is 5.97 Å². The second-order valence-electron chi connectivity index (χ2n) is 5.06. The molecule has 1 aromatic heterocycles. The highest BCUT2D eigenvalue weighted by Crippen LogP contribution is 2.17. The van der Waals surface area contributed by atoms with Gasteiger partial charge in [-0.15, -0.1) is 0 Å². The van der Waals surface area contributed by atoms with Gasteiger partial charge in [-0.3, -0.25) is 0 Å². The van der Waals surface area contributed by atoms with E-state index in [0.29, 0.717) is 18.1 Å². The van der Waals surface area contributed by atoms with Crippen molar-refractivity contribution in [3.8, 4) is 0 Å². The molecule has 4 heteroatoms. The number of carbonyl (C=O) groups is 1. The van der Waals surface area contributed by atoms with Crippen LogP contribution >= 0.6 is 0 Å². The predicted octanol–water partition coefficient (Wildman–Crippen LogP) is 3.01. The molecule has 1 N–H and O–H groups in total. The highest BCUT2D eigenvalue weighted by Gasteiger charge is 2.06. The van der Waals surface area contributed by atoms with E-state index < -0.39 is 5.97 Å². The number of hydrogen-bond donors (Lipinski definition) is 1. The van der Waals surface area contributed by atoms with Crippen molar-refractivity contribution >= 4 is 16.9 Å². The highest BCUT2D eigenvalue weighted by molar-refractivity contribution is 5.93. The summed E-state index contributed by atoms with van der Waals surface area (Å²) >= 11 is 0. The molecule has 0 unspecified atom stereocenters. The first-order valence-corrected chi connectivity index (χ1v) is 6.48. The SMILES string of the molecule is CC(C)COCCn1ccc2ccc(C(=O)O)cc21. The van der Waals surface area contributed by atoms with Gasteiger partial charge in [0.15, 0.2) is 0 Å². The molecule has 0 atom stereocenters. The van der Waals surface area contributed by atoms with Crippen molar-refractivity contribution in [1.82, 2.24) is 4.57 Å². The third-order valence-electron chi connectivity index (χ3n) is 2.95. The molecular formula is C15H19NO3. The van der Waals surface area contributed by atoms with Gasteiger partial charge in [0.2, 0.25) is 0 Å². The maximum Gasteiger partial charge on any atom is 0.335 e. The average molecular weight is 261 g/mol. The van der Waals surface area contributed by atoms with E-state index in [4.69, 9.17) is 9.84 Å². The molecule has 102 valence electrons. The first kappa shape index (κ1) is 13.6. The third-order valence-corrected chi connectivity index (χ3v) is 2.95. The summed E-state index contributed by atoms with van der Waals surface area (Å²) < 4.78 is 7.59. The van der Waals surface area contributed by atoms with E-state index in [1.165, 1.54) is 0 Å². The van der Waals surface area contributed by atoms with Crippen molar-refractivity contribution in [2.75, 3.05) is 13.2 Å². The standard InChI is InChI=1S/C15H19NO3/c1-11(2)10-19-8-7-16-6-5-12-3-4-13(15(17)18)9-14(12)16/h3-6,9,11H,7-8,10H2,1-2H3,(H,17,18). The lowest BCUT2D eigenvalue weighted by Gasteiger charge is -2.09. The summed E-state index contributed by atoms with van der Waals surface area (Å²) in [6, 6.07) is 7.16. The lowest BCUT2D eigenvalue weighted by Crippen LogP contribution is -2.09. The Labute approximate surface area is 112 Å². The quantitative estimate of drug-likeness (QED) is 0.813. The summed E-state index contributed by atoms with van der Waals surface area (Å²) in [6.07, 6.45) is 1.97. The third kappa shape index (κ3) is 3.35. The van der Waals surface area contributed by atoms with E-state index in [-0.39, 0.29) is 0 Å². The van der Waals surface area contributed by atoms with E-state index in [2.05, 4.69) is 13.8 Å². The van der Waals surface area contributed by atoms with Crippen LogP contribution in [0.15, 0.2) is 30.5 Å². The summed E-state index contributed by atoms with van der Waals surface area (Å²) in [5.74, 6) is -0.370. The first-order chi connectivity index (χ1) is 9.08. The zero-order valence-corrected chi connectivity index (χ0v) is 11.3. The molecule has 0 saturated carbocycles. The smallest absolute Gasteiger partial charge is 0.335 e. The van der Waals surface area contributed by atoms with E-state index in [0.717, 1.165) is 24.1 Å². The molecule has 0 fully saturated rings. The van der Waals surface area contributed by atoms with Crippen LogP contribution in [-0.4, -0.2) is 28.9 Å². The molecule has 0 aliphatic carbocycles. The van der Waals surface area contributed by atoms with E-state index in [1.807, 2.05) is 22.9 Å². The fourth-order valence-electron chi connectivity index (χ4n) is 1.99. The van der Waals surface area contributed by atoms with E-state index in [9.17, 15) is 4.79 Å². The molecule has 0 radical (unpaired) electrons. The van der Waals surface area contributed by atoms with Crippen LogP contribution < -0.4 is 0 Å². The van der Waals surface area contributed by atoms with Crippen LogP contribution in [0.3, 0.4) is 0 Å². The topological polar surface area (TPSA) is 51.5 Å². The summed E-state index contributed by atoms with van der Waals surface area (Å²) in [7, 11) is 0. The number of aromatic carboxylic acids is 1. The number of benzene rings is 1. The molecule has 0 spiro atoms. The summed E-state index contributed by atoms with van der Waals surface area (Å²) in [6.45, 7) is 6.35. The zero-order valence-electron chi connectivity index (χ0n) is 11.3. The second-order valence-corrected chi connectivity index (χ2v) is 5.06. The van der Waals surface area contributed by atoms with Crippen molar-refractivity contribution in [3.63, 3.8) is 0 Å². The molecule has 0 saturated heterocycles. The van der Waals surface area contributed by atoms with Gasteiger partial charge in [0.05, 0.1) is 12.2 Å². The molecule has 19 heavy (non-hydrogen) atoms. The van der Waals surface area contributed by atoms with Crippen molar-refractivity contribution in [2.45, 2.75) is 20.4 Å². The molecule has 2 rings (SSSR count). The van der Waals surface area contributed by atoms with Crippen LogP contribution in [0.1, 0.15) is 24.2 Å². The molecule has 0 aliphatic heterocycles. The van der Waals surface area contributed by atoms with Crippen LogP contribution in [-0.2, 0) is 11.3 Å². The van der Waals surface area contributed by atoms with Gasteiger partial charge in [-0.25, -0.2) is 4.79 Å². The van der Waals surface area contributed by atoms with Gasteiger partial charge < -0.3 is 14.4 Å². The molecule has 4 nitrogen and oxygen atoms in total. The van der Waals surface area contributed by atoms with Gasteiger partial charge in [-0.1, -0.05) is 19.9 Å². The summed E-state index contributed by atoms with van der Waals surface area (Å²) in [4.78, 5) is 11.0. The second kappa shape index (κ2) is 5.89. The Morgan fingerprint density at radius 1 is 1.37 bits per heavy atom. The fraction of sp³-hybridized carbons (Fsp3) is 0.400. The van der Waals surface area contributed by atoms with Gasteiger partial charge in [-0.2, -0.15) is 0 Å². The Balaban J connectivity index is 2.10. The van der Waals surface area contributed by atoms with Crippen molar-refractivity contribution in [3.05, 3.63) is 36.0 Å². The molecule has 0 amide bonds. The molecule has 1 aromatic carbocycles. The average Bonchev–Trinajstić information content (AvgIpc) is 2.76. The van der Waals surface area contributed by atoms with Crippen molar-refractivity contribution < 1.29 is 14.6 Å². The highest BCUT2D eigenvalue weighted by atomic mass is 16.5. The number of hydrogen-bond acceptors (Lipinski definition) is 2. The fourth-order valence-corrected chi connectivity index (χ4v) is 1.99. The Bertz CT molecular complexity index is 572. The van der Waals surface area contributed by atoms with E-state index >= 15 is 0 Å². The van der Waals surface area contributed by atoms with Gasteiger partial charge in [-0.05, 0) is 29.5 Å². The van der Waals surface area contributed by atoms with Crippen LogP contribution in [0, 0.1) is 5.92 Å². The molecule has 0 bridgehead atoms. The normalized spacial score (nSPS) is 11.3. The number of nitrogens with zero attached hydrogens (tertiary/aromatic N) is 1. The number of fused-ring (bicyclic) bond motifs is 1. The van der Waals surface area contributed by atoms with Crippen LogP contribution in [0.25, 0.3) is 10.9 Å². The van der Waals surface area contributed by atoms with Gasteiger partial charge in [0.1, 0.15) is 0 Å². The predicted molar refractivity (Wildman–Crippen MR) is 74.6 cm³/mol. The Morgan fingerprint density at radius 3 is 2.84 bits per heavy atom. The molecule has 2 aromatic rings. The summed E-state index contributed by atoms with van der Waals surface area (Å²) in [5.41, 5.74) is 1.25. The first-order valence-electron chi connectivity index (χ1n) is 6.48. The number of aromatic nitrogens is 1. The maximum absolute atomic E-state index is 11.0. The zero-order chi connectivity index (χ0) is 13.8. The van der Waals surface area contributed by atoms with Gasteiger partial charge in [0.25, 0.3) is 0 Å².